The number of rotatable bonds is 2. The number of methoxy groups -OCH3 is 1. The minimum atomic E-state index is -0.504. The van der Waals surface area contributed by atoms with Crippen LogP contribution in [0.25, 0.3) is 0 Å². The number of hydrogen-bond donors (Lipinski definition) is 0. The molecule has 0 spiro atoms. The molecule has 1 aliphatic heterocycles. The Morgan fingerprint density at radius 3 is 2.89 bits per heavy atom. The Balaban J connectivity index is 2.30. The van der Waals surface area contributed by atoms with Gasteiger partial charge in [0.2, 0.25) is 0 Å². The minimum absolute atomic E-state index is 0.0804. The summed E-state index contributed by atoms with van der Waals surface area (Å²) in [4.78, 5) is 24.5. The van der Waals surface area contributed by atoms with Crippen LogP contribution in [0.3, 0.4) is 0 Å². The maximum absolute atomic E-state index is 11.7. The predicted molar refractivity (Wildman–Crippen MR) is 65.7 cm³/mol. The van der Waals surface area contributed by atoms with Crippen molar-refractivity contribution in [1.29, 1.82) is 0 Å². The summed E-state index contributed by atoms with van der Waals surface area (Å²) in [6.07, 6.45) is -0.310. The molecule has 1 unspecified atom stereocenters. The van der Waals surface area contributed by atoms with E-state index in [0.29, 0.717) is 11.4 Å². The smallest absolute Gasteiger partial charge is 0.309 e. The fourth-order valence-electron chi connectivity index (χ4n) is 1.91. The molecule has 0 saturated heterocycles. The lowest BCUT2D eigenvalue weighted by molar-refractivity contribution is -0.139. The Kier molecular flexibility index (Phi) is 3.23. The number of likely N-dealkylation sites (N-methyl/N-ethyl adjacent to an activating group) is 1. The molecule has 0 fully saturated rings. The maximum atomic E-state index is 11.7. The van der Waals surface area contributed by atoms with Crippen LogP contribution in [0.15, 0.2) is 18.2 Å². The average Bonchev–Trinajstić information content (AvgIpc) is 2.35. The molecule has 1 aliphatic rings. The molecule has 1 atom stereocenters. The van der Waals surface area contributed by atoms with Crippen molar-refractivity contribution in [3.63, 3.8) is 0 Å². The van der Waals surface area contributed by atoms with Gasteiger partial charge in [0.15, 0.2) is 6.10 Å². The standard InChI is InChI=1S/C13H15NO4/c1-8-13(16)14(2)10-5-4-9(6-11(10)18-8)7-12(15)17-3/h4-6,8H,7H2,1-3H3. The zero-order chi connectivity index (χ0) is 13.3. The molecule has 96 valence electrons. The van der Waals surface area contributed by atoms with Gasteiger partial charge < -0.3 is 14.4 Å². The molecule has 1 amide bonds. The van der Waals surface area contributed by atoms with E-state index in [1.807, 2.05) is 0 Å². The van der Waals surface area contributed by atoms with Crippen LogP contribution in [0.1, 0.15) is 12.5 Å². The number of esters is 1. The molecule has 1 heterocycles. The highest BCUT2D eigenvalue weighted by molar-refractivity contribution is 5.99. The van der Waals surface area contributed by atoms with Gasteiger partial charge in [-0.05, 0) is 24.6 Å². The van der Waals surface area contributed by atoms with E-state index in [4.69, 9.17) is 4.74 Å². The van der Waals surface area contributed by atoms with E-state index in [9.17, 15) is 9.59 Å². The van der Waals surface area contributed by atoms with Crippen LogP contribution in [0, 0.1) is 0 Å². The Labute approximate surface area is 105 Å². The van der Waals surface area contributed by atoms with Gasteiger partial charge in [0.05, 0.1) is 19.2 Å². The van der Waals surface area contributed by atoms with E-state index in [2.05, 4.69) is 4.74 Å². The fraction of sp³-hybridized carbons (Fsp3) is 0.385. The van der Waals surface area contributed by atoms with Crippen molar-refractivity contribution in [2.75, 3.05) is 19.1 Å². The summed E-state index contributed by atoms with van der Waals surface area (Å²) < 4.78 is 10.1. The normalized spacial score (nSPS) is 18.1. The summed E-state index contributed by atoms with van der Waals surface area (Å²) >= 11 is 0. The molecular weight excluding hydrogens is 234 g/mol. The summed E-state index contributed by atoms with van der Waals surface area (Å²) in [6.45, 7) is 1.70. The largest absolute Gasteiger partial charge is 0.479 e. The van der Waals surface area contributed by atoms with Gasteiger partial charge in [-0.1, -0.05) is 6.07 Å². The van der Waals surface area contributed by atoms with Gasteiger partial charge in [-0.15, -0.1) is 0 Å². The van der Waals surface area contributed by atoms with Crippen molar-refractivity contribution in [1.82, 2.24) is 0 Å². The molecule has 2 rings (SSSR count). The average molecular weight is 249 g/mol. The summed E-state index contributed by atoms with van der Waals surface area (Å²) in [6, 6.07) is 5.34. The number of nitrogens with zero attached hydrogens (tertiary/aromatic N) is 1. The Bertz CT molecular complexity index is 498. The third kappa shape index (κ3) is 2.16. The Morgan fingerprint density at radius 2 is 2.22 bits per heavy atom. The van der Waals surface area contributed by atoms with Crippen LogP contribution in [-0.2, 0) is 20.7 Å². The topological polar surface area (TPSA) is 55.8 Å². The molecule has 5 nitrogen and oxygen atoms in total. The number of anilines is 1. The molecule has 0 aromatic heterocycles. The molecule has 0 bridgehead atoms. The van der Waals surface area contributed by atoms with Crippen LogP contribution < -0.4 is 9.64 Å². The second-order valence-electron chi connectivity index (χ2n) is 4.21. The molecule has 0 radical (unpaired) electrons. The fourth-order valence-corrected chi connectivity index (χ4v) is 1.91. The molecule has 0 aliphatic carbocycles. The van der Waals surface area contributed by atoms with Gasteiger partial charge in [-0.3, -0.25) is 9.59 Å². The second kappa shape index (κ2) is 4.68. The van der Waals surface area contributed by atoms with Crippen molar-refractivity contribution in [2.45, 2.75) is 19.4 Å². The molecule has 1 aromatic rings. The van der Waals surface area contributed by atoms with Gasteiger partial charge in [-0.25, -0.2) is 0 Å². The van der Waals surface area contributed by atoms with Crippen LogP contribution in [0.2, 0.25) is 0 Å². The number of fused-ring (bicyclic) bond motifs is 1. The summed E-state index contributed by atoms with van der Waals surface area (Å²) in [5.41, 5.74) is 1.52. The molecule has 5 heteroatoms. The molecular formula is C13H15NO4. The first kappa shape index (κ1) is 12.4. The predicted octanol–water partition coefficient (Wildman–Crippen LogP) is 1.15. The summed E-state index contributed by atoms with van der Waals surface area (Å²) in [5.74, 6) is 0.234. The molecule has 18 heavy (non-hydrogen) atoms. The summed E-state index contributed by atoms with van der Waals surface area (Å²) in [7, 11) is 3.06. The van der Waals surface area contributed by atoms with Crippen molar-refractivity contribution < 1.29 is 19.1 Å². The molecule has 0 N–H and O–H groups in total. The number of benzene rings is 1. The highest BCUT2D eigenvalue weighted by Gasteiger charge is 2.28. The minimum Gasteiger partial charge on any atom is -0.479 e. The van der Waals surface area contributed by atoms with E-state index in [0.717, 1.165) is 5.56 Å². The number of amides is 1. The van der Waals surface area contributed by atoms with E-state index in [1.54, 1.807) is 37.1 Å². The van der Waals surface area contributed by atoms with Gasteiger partial charge in [0.1, 0.15) is 5.75 Å². The van der Waals surface area contributed by atoms with Crippen molar-refractivity contribution in [3.05, 3.63) is 23.8 Å². The maximum Gasteiger partial charge on any atom is 0.309 e. The first-order valence-electron chi connectivity index (χ1n) is 5.67. The van der Waals surface area contributed by atoms with Gasteiger partial charge in [0, 0.05) is 7.05 Å². The van der Waals surface area contributed by atoms with Crippen LogP contribution >= 0.6 is 0 Å². The first-order valence-corrected chi connectivity index (χ1v) is 5.67. The molecule has 0 saturated carbocycles. The van der Waals surface area contributed by atoms with E-state index < -0.39 is 6.10 Å². The first-order chi connectivity index (χ1) is 8.52. The van der Waals surface area contributed by atoms with E-state index >= 15 is 0 Å². The van der Waals surface area contributed by atoms with Crippen LogP contribution in [0.5, 0.6) is 5.75 Å². The third-order valence-corrected chi connectivity index (χ3v) is 2.94. The van der Waals surface area contributed by atoms with Crippen molar-refractivity contribution in [2.24, 2.45) is 0 Å². The summed E-state index contributed by atoms with van der Waals surface area (Å²) in [5, 5.41) is 0. The van der Waals surface area contributed by atoms with Crippen LogP contribution in [-0.4, -0.2) is 32.1 Å². The highest BCUT2D eigenvalue weighted by Crippen LogP contribution is 2.34. The van der Waals surface area contributed by atoms with Crippen molar-refractivity contribution in [3.8, 4) is 5.75 Å². The lowest BCUT2D eigenvalue weighted by Gasteiger charge is -2.30. The van der Waals surface area contributed by atoms with Crippen LogP contribution in [0.4, 0.5) is 5.69 Å². The molecule has 1 aromatic carbocycles. The SMILES string of the molecule is COC(=O)Cc1ccc2c(c1)OC(C)C(=O)N2C. The van der Waals surface area contributed by atoms with Gasteiger partial charge in [-0.2, -0.15) is 0 Å². The quantitative estimate of drug-likeness (QED) is 0.738. The highest BCUT2D eigenvalue weighted by atomic mass is 16.5. The second-order valence-corrected chi connectivity index (χ2v) is 4.21. The number of carbonyl (C=O) groups is 2. The monoisotopic (exact) mass is 249 g/mol. The Hall–Kier alpha value is -2.04. The van der Waals surface area contributed by atoms with Crippen molar-refractivity contribution >= 4 is 17.6 Å². The number of hydrogen-bond acceptors (Lipinski definition) is 4. The number of ether oxygens (including phenoxy) is 2. The lowest BCUT2D eigenvalue weighted by atomic mass is 10.1. The zero-order valence-corrected chi connectivity index (χ0v) is 10.6. The van der Waals surface area contributed by atoms with Gasteiger partial charge in [0.25, 0.3) is 5.91 Å². The zero-order valence-electron chi connectivity index (χ0n) is 10.6. The lowest BCUT2D eigenvalue weighted by Crippen LogP contribution is -2.41. The van der Waals surface area contributed by atoms with E-state index in [1.165, 1.54) is 7.11 Å². The van der Waals surface area contributed by atoms with E-state index in [-0.39, 0.29) is 18.3 Å². The number of carbonyl (C=O) groups excluding carboxylic acids is 2. The van der Waals surface area contributed by atoms with Gasteiger partial charge >= 0.3 is 5.97 Å². The Morgan fingerprint density at radius 1 is 1.50 bits per heavy atom. The third-order valence-electron chi connectivity index (χ3n) is 2.94.